The van der Waals surface area contributed by atoms with Crippen molar-refractivity contribution in [2.45, 2.75) is 12.5 Å². The number of hydrogen-bond acceptors (Lipinski definition) is 5. The van der Waals surface area contributed by atoms with Crippen molar-refractivity contribution in [3.63, 3.8) is 0 Å². The Balaban J connectivity index is 1.87. The van der Waals surface area contributed by atoms with Gasteiger partial charge in [-0.3, -0.25) is 4.79 Å². The summed E-state index contributed by atoms with van der Waals surface area (Å²) in [6.45, 7) is 0.212. The first-order chi connectivity index (χ1) is 8.28. The van der Waals surface area contributed by atoms with Crippen molar-refractivity contribution in [1.82, 2.24) is 0 Å². The van der Waals surface area contributed by atoms with Gasteiger partial charge in [-0.2, -0.15) is 5.26 Å². The lowest BCUT2D eigenvalue weighted by molar-refractivity contribution is -0.143. The second kappa shape index (κ2) is 3.67. The first kappa shape index (κ1) is 9.97. The van der Waals surface area contributed by atoms with Gasteiger partial charge in [-0.1, -0.05) is 6.07 Å². The molecule has 3 rings (SSSR count). The SMILES string of the molecule is N#CC1CC(c2ccc3c(c2)OCO3)OC1=O. The van der Waals surface area contributed by atoms with Crippen LogP contribution in [0.25, 0.3) is 0 Å². The van der Waals surface area contributed by atoms with E-state index in [-0.39, 0.29) is 12.9 Å². The Bertz CT molecular complexity index is 520. The van der Waals surface area contributed by atoms with E-state index < -0.39 is 11.9 Å². The fraction of sp³-hybridized carbons (Fsp3) is 0.333. The van der Waals surface area contributed by atoms with E-state index in [4.69, 9.17) is 19.5 Å². The van der Waals surface area contributed by atoms with Gasteiger partial charge in [0.1, 0.15) is 12.0 Å². The maximum absolute atomic E-state index is 11.3. The van der Waals surface area contributed by atoms with Crippen molar-refractivity contribution in [2.75, 3.05) is 6.79 Å². The zero-order chi connectivity index (χ0) is 11.8. The third kappa shape index (κ3) is 1.58. The van der Waals surface area contributed by atoms with Crippen LogP contribution in [0.4, 0.5) is 0 Å². The molecule has 0 amide bonds. The van der Waals surface area contributed by atoms with E-state index in [2.05, 4.69) is 0 Å². The summed E-state index contributed by atoms with van der Waals surface area (Å²) in [6, 6.07) is 7.33. The summed E-state index contributed by atoms with van der Waals surface area (Å²) in [7, 11) is 0. The Kier molecular flexibility index (Phi) is 2.15. The van der Waals surface area contributed by atoms with Crippen molar-refractivity contribution in [3.8, 4) is 17.6 Å². The molecule has 0 N–H and O–H groups in total. The van der Waals surface area contributed by atoms with Gasteiger partial charge in [0.15, 0.2) is 11.5 Å². The molecule has 0 spiro atoms. The number of carbonyl (C=O) groups excluding carboxylic acids is 1. The summed E-state index contributed by atoms with van der Waals surface area (Å²) in [4.78, 5) is 11.3. The smallest absolute Gasteiger partial charge is 0.324 e. The number of carbonyl (C=O) groups is 1. The Labute approximate surface area is 97.5 Å². The van der Waals surface area contributed by atoms with Gasteiger partial charge in [-0.25, -0.2) is 0 Å². The summed E-state index contributed by atoms with van der Waals surface area (Å²) in [5, 5.41) is 8.76. The van der Waals surface area contributed by atoms with Gasteiger partial charge in [0.05, 0.1) is 6.07 Å². The number of esters is 1. The minimum atomic E-state index is -0.662. The third-order valence-electron chi connectivity index (χ3n) is 2.92. The maximum Gasteiger partial charge on any atom is 0.324 e. The van der Waals surface area contributed by atoms with Crippen molar-refractivity contribution in [2.24, 2.45) is 5.92 Å². The number of benzene rings is 1. The lowest BCUT2D eigenvalue weighted by atomic mass is 10.0. The van der Waals surface area contributed by atoms with E-state index in [0.717, 1.165) is 5.56 Å². The van der Waals surface area contributed by atoms with Crippen LogP contribution in [0.3, 0.4) is 0 Å². The van der Waals surface area contributed by atoms with Crippen molar-refractivity contribution >= 4 is 5.97 Å². The van der Waals surface area contributed by atoms with Crippen LogP contribution in [0.1, 0.15) is 18.1 Å². The van der Waals surface area contributed by atoms with Gasteiger partial charge in [0.25, 0.3) is 0 Å². The number of rotatable bonds is 1. The highest BCUT2D eigenvalue weighted by molar-refractivity contribution is 5.77. The van der Waals surface area contributed by atoms with Gasteiger partial charge in [0.2, 0.25) is 6.79 Å². The Hall–Kier alpha value is -2.22. The largest absolute Gasteiger partial charge is 0.456 e. The third-order valence-corrected chi connectivity index (χ3v) is 2.92. The zero-order valence-corrected chi connectivity index (χ0v) is 8.88. The highest BCUT2D eigenvalue weighted by atomic mass is 16.7. The number of fused-ring (bicyclic) bond motifs is 1. The molecule has 5 nitrogen and oxygen atoms in total. The number of nitrogens with zero attached hydrogens (tertiary/aromatic N) is 1. The van der Waals surface area contributed by atoms with Crippen molar-refractivity contribution in [3.05, 3.63) is 23.8 Å². The van der Waals surface area contributed by atoms with Gasteiger partial charge in [-0.05, 0) is 17.7 Å². The number of cyclic esters (lactones) is 1. The fourth-order valence-electron chi connectivity index (χ4n) is 2.00. The molecule has 2 aliphatic rings. The molecule has 2 heterocycles. The van der Waals surface area contributed by atoms with Gasteiger partial charge >= 0.3 is 5.97 Å². The first-order valence-corrected chi connectivity index (χ1v) is 5.27. The lowest BCUT2D eigenvalue weighted by Crippen LogP contribution is -2.03. The highest BCUT2D eigenvalue weighted by Crippen LogP contribution is 2.39. The Morgan fingerprint density at radius 3 is 2.88 bits per heavy atom. The molecule has 2 unspecified atom stereocenters. The summed E-state index contributed by atoms with van der Waals surface area (Å²) >= 11 is 0. The molecule has 2 aliphatic heterocycles. The number of nitriles is 1. The minimum Gasteiger partial charge on any atom is -0.456 e. The highest BCUT2D eigenvalue weighted by Gasteiger charge is 2.35. The molecule has 17 heavy (non-hydrogen) atoms. The molecule has 1 fully saturated rings. The first-order valence-electron chi connectivity index (χ1n) is 5.27. The molecule has 0 aromatic heterocycles. The van der Waals surface area contributed by atoms with Crippen LogP contribution in [0.15, 0.2) is 18.2 Å². The Morgan fingerprint density at radius 2 is 2.12 bits per heavy atom. The average molecular weight is 231 g/mol. The summed E-state index contributed by atoms with van der Waals surface area (Å²) < 4.78 is 15.6. The van der Waals surface area contributed by atoms with Crippen LogP contribution in [0.5, 0.6) is 11.5 Å². The second-order valence-electron chi connectivity index (χ2n) is 3.96. The van der Waals surface area contributed by atoms with E-state index >= 15 is 0 Å². The van der Waals surface area contributed by atoms with Gasteiger partial charge < -0.3 is 14.2 Å². The molecule has 1 aromatic rings. The van der Waals surface area contributed by atoms with Crippen LogP contribution < -0.4 is 9.47 Å². The summed E-state index contributed by atoms with van der Waals surface area (Å²) in [5.41, 5.74) is 0.834. The molecule has 2 atom stereocenters. The van der Waals surface area contributed by atoms with Crippen LogP contribution in [-0.2, 0) is 9.53 Å². The monoisotopic (exact) mass is 231 g/mol. The fourth-order valence-corrected chi connectivity index (χ4v) is 2.00. The molecule has 1 aromatic carbocycles. The second-order valence-corrected chi connectivity index (χ2v) is 3.96. The van der Waals surface area contributed by atoms with Crippen LogP contribution in [-0.4, -0.2) is 12.8 Å². The molecule has 1 saturated heterocycles. The predicted octanol–water partition coefficient (Wildman–Crippen LogP) is 1.54. The van der Waals surface area contributed by atoms with E-state index in [9.17, 15) is 4.79 Å². The van der Waals surface area contributed by atoms with E-state index in [1.165, 1.54) is 0 Å². The predicted molar refractivity (Wildman–Crippen MR) is 55.1 cm³/mol. The maximum atomic E-state index is 11.3. The quantitative estimate of drug-likeness (QED) is 0.686. The molecule has 0 aliphatic carbocycles. The van der Waals surface area contributed by atoms with Crippen molar-refractivity contribution in [1.29, 1.82) is 5.26 Å². The number of hydrogen-bond donors (Lipinski definition) is 0. The lowest BCUT2D eigenvalue weighted by Gasteiger charge is -2.09. The van der Waals surface area contributed by atoms with Crippen molar-refractivity contribution < 1.29 is 19.0 Å². The molecule has 0 saturated carbocycles. The average Bonchev–Trinajstić information content (AvgIpc) is 2.93. The van der Waals surface area contributed by atoms with Gasteiger partial charge in [-0.15, -0.1) is 0 Å². The summed E-state index contributed by atoms with van der Waals surface area (Å²) in [6.07, 6.45) is 0.0382. The van der Waals surface area contributed by atoms with Crippen LogP contribution in [0.2, 0.25) is 0 Å². The molecule has 5 heteroatoms. The van der Waals surface area contributed by atoms with E-state index in [0.29, 0.717) is 17.9 Å². The summed E-state index contributed by atoms with van der Waals surface area (Å²) in [5.74, 6) is 0.231. The standard InChI is InChI=1S/C12H9NO4/c13-5-8-4-10(17-12(8)14)7-1-2-9-11(3-7)16-6-15-9/h1-3,8,10H,4,6H2. The van der Waals surface area contributed by atoms with Crippen LogP contribution >= 0.6 is 0 Å². The molecule has 0 bridgehead atoms. The molecular formula is C12H9NO4. The molecular weight excluding hydrogens is 222 g/mol. The molecule has 86 valence electrons. The molecule has 0 radical (unpaired) electrons. The number of ether oxygens (including phenoxy) is 3. The topological polar surface area (TPSA) is 68.6 Å². The minimum absolute atomic E-state index is 0.212. The van der Waals surface area contributed by atoms with E-state index in [1.54, 1.807) is 12.1 Å². The Morgan fingerprint density at radius 1 is 1.29 bits per heavy atom. The zero-order valence-electron chi connectivity index (χ0n) is 8.88. The van der Waals surface area contributed by atoms with E-state index in [1.807, 2.05) is 12.1 Å². The van der Waals surface area contributed by atoms with Crippen LogP contribution in [0, 0.1) is 17.2 Å². The van der Waals surface area contributed by atoms with Gasteiger partial charge in [0, 0.05) is 6.42 Å². The normalized spacial score (nSPS) is 25.5.